The summed E-state index contributed by atoms with van der Waals surface area (Å²) in [6.07, 6.45) is 1.31. The molecule has 2 aromatic carbocycles. The summed E-state index contributed by atoms with van der Waals surface area (Å²) in [7, 11) is -2.57. The van der Waals surface area contributed by atoms with Crippen LogP contribution < -0.4 is 26.0 Å². The molecule has 4 N–H and O–H groups in total. The number of carbonyl (C=O) groups excluding carboxylic acids is 3. The van der Waals surface area contributed by atoms with E-state index in [4.69, 9.17) is 4.74 Å². The molecule has 0 bridgehead atoms. The number of urea groups is 2. The number of benzene rings is 2. The van der Waals surface area contributed by atoms with Crippen molar-refractivity contribution in [2.45, 2.75) is 30.2 Å². The van der Waals surface area contributed by atoms with Gasteiger partial charge in [0.1, 0.15) is 17.1 Å². The van der Waals surface area contributed by atoms with Crippen molar-refractivity contribution in [1.29, 1.82) is 0 Å². The molecule has 2 heterocycles. The molecule has 2 atom stereocenters. The van der Waals surface area contributed by atoms with Crippen molar-refractivity contribution >= 4 is 33.7 Å². The number of sulfonamides is 1. The van der Waals surface area contributed by atoms with Gasteiger partial charge in [-0.05, 0) is 62.1 Å². The minimum atomic E-state index is -3.96. The molecule has 2 saturated heterocycles. The molecule has 2 aliphatic rings. The number of hydrogen-bond donors (Lipinski definition) is 4. The first-order chi connectivity index (χ1) is 17.5. The lowest BCUT2D eigenvalue weighted by molar-refractivity contribution is -0.123. The van der Waals surface area contributed by atoms with E-state index in [0.717, 1.165) is 0 Å². The zero-order valence-corrected chi connectivity index (χ0v) is 21.2. The van der Waals surface area contributed by atoms with Gasteiger partial charge in [-0.15, -0.1) is 0 Å². The summed E-state index contributed by atoms with van der Waals surface area (Å²) in [6.45, 7) is 2.17. The van der Waals surface area contributed by atoms with Gasteiger partial charge in [0.2, 0.25) is 10.0 Å². The van der Waals surface area contributed by atoms with Crippen molar-refractivity contribution in [1.82, 2.24) is 20.3 Å². The third kappa shape index (κ3) is 5.52. The SMILES string of the molecule is COc1ccc(S(=O)(=O)N2CCCC(CNC(=O)Nc3cccc(F)c3)C2)cc1C1(C)NC(=O)NC1=O. The topological polar surface area (TPSA) is 146 Å². The Kier molecular flexibility index (Phi) is 7.37. The van der Waals surface area contributed by atoms with Crippen LogP contribution in [-0.2, 0) is 20.4 Å². The van der Waals surface area contributed by atoms with Crippen LogP contribution >= 0.6 is 0 Å². The van der Waals surface area contributed by atoms with Gasteiger partial charge in [-0.3, -0.25) is 10.1 Å². The first-order valence-electron chi connectivity index (χ1n) is 11.7. The number of ether oxygens (including phenoxy) is 1. The van der Waals surface area contributed by atoms with Crippen LogP contribution in [0.2, 0.25) is 0 Å². The molecule has 0 saturated carbocycles. The Morgan fingerprint density at radius 1 is 1.24 bits per heavy atom. The summed E-state index contributed by atoms with van der Waals surface area (Å²) >= 11 is 0. The maximum Gasteiger partial charge on any atom is 0.322 e. The van der Waals surface area contributed by atoms with Crippen molar-refractivity contribution in [3.05, 3.63) is 53.8 Å². The van der Waals surface area contributed by atoms with Crippen molar-refractivity contribution in [2.75, 3.05) is 32.1 Å². The highest BCUT2D eigenvalue weighted by atomic mass is 32.2. The van der Waals surface area contributed by atoms with E-state index in [-0.39, 0.29) is 35.2 Å². The van der Waals surface area contributed by atoms with Crippen molar-refractivity contribution in [3.8, 4) is 5.75 Å². The zero-order chi connectivity index (χ0) is 26.8. The number of carbonyl (C=O) groups is 3. The number of nitrogens with one attached hydrogen (secondary N) is 4. The summed E-state index contributed by atoms with van der Waals surface area (Å²) in [6, 6.07) is 8.48. The fraction of sp³-hybridized carbons (Fsp3) is 0.375. The third-order valence-corrected chi connectivity index (χ3v) is 8.37. The van der Waals surface area contributed by atoms with Crippen LogP contribution in [0.15, 0.2) is 47.4 Å². The van der Waals surface area contributed by atoms with Crippen LogP contribution in [0.5, 0.6) is 5.75 Å². The summed E-state index contributed by atoms with van der Waals surface area (Å²) in [5.74, 6) is -0.982. The van der Waals surface area contributed by atoms with E-state index < -0.39 is 39.3 Å². The Morgan fingerprint density at radius 2 is 2.03 bits per heavy atom. The molecular weight excluding hydrogens is 505 g/mol. The lowest BCUT2D eigenvalue weighted by atomic mass is 9.91. The van der Waals surface area contributed by atoms with Crippen LogP contribution in [-0.4, -0.2) is 57.4 Å². The third-order valence-electron chi connectivity index (χ3n) is 6.51. The van der Waals surface area contributed by atoms with Gasteiger partial charge < -0.3 is 20.7 Å². The average Bonchev–Trinajstić information content (AvgIpc) is 3.14. The molecule has 0 radical (unpaired) electrons. The summed E-state index contributed by atoms with van der Waals surface area (Å²) in [5, 5.41) is 9.95. The lowest BCUT2D eigenvalue weighted by Gasteiger charge is -2.32. The van der Waals surface area contributed by atoms with Gasteiger partial charge in [0.15, 0.2) is 0 Å². The quantitative estimate of drug-likeness (QED) is 0.401. The number of anilines is 1. The number of imide groups is 1. The molecule has 4 rings (SSSR count). The Balaban J connectivity index is 1.47. The molecule has 37 heavy (non-hydrogen) atoms. The summed E-state index contributed by atoms with van der Waals surface area (Å²) in [5.41, 5.74) is -0.984. The van der Waals surface area contributed by atoms with E-state index in [9.17, 15) is 27.2 Å². The second-order valence-electron chi connectivity index (χ2n) is 9.11. The predicted octanol–water partition coefficient (Wildman–Crippen LogP) is 2.11. The molecule has 2 aromatic rings. The fourth-order valence-corrected chi connectivity index (χ4v) is 6.09. The molecular formula is C24H28FN5O6S. The van der Waals surface area contributed by atoms with Crippen LogP contribution in [0.1, 0.15) is 25.3 Å². The molecule has 2 unspecified atom stereocenters. The number of amides is 5. The number of nitrogens with zero attached hydrogens (tertiary/aromatic N) is 1. The van der Waals surface area contributed by atoms with E-state index in [0.29, 0.717) is 25.1 Å². The largest absolute Gasteiger partial charge is 0.496 e. The van der Waals surface area contributed by atoms with Gasteiger partial charge >= 0.3 is 12.1 Å². The van der Waals surface area contributed by atoms with Gasteiger partial charge in [-0.2, -0.15) is 4.31 Å². The predicted molar refractivity (Wildman–Crippen MR) is 132 cm³/mol. The van der Waals surface area contributed by atoms with Gasteiger partial charge in [0.25, 0.3) is 5.91 Å². The van der Waals surface area contributed by atoms with Crippen molar-refractivity contribution in [2.24, 2.45) is 5.92 Å². The van der Waals surface area contributed by atoms with Crippen LogP contribution in [0.4, 0.5) is 19.7 Å². The van der Waals surface area contributed by atoms with E-state index in [2.05, 4.69) is 21.3 Å². The number of methoxy groups -OCH3 is 1. The standard InChI is InChI=1S/C24H28FN5O6S/c1-24(21(31)28-23(33)29-24)19-12-18(8-9-20(19)36-2)37(34,35)30-10-4-5-15(14-30)13-26-22(32)27-17-7-3-6-16(25)11-17/h3,6-9,11-12,15H,4-5,10,13-14H2,1-2H3,(H2,26,27,32)(H2,28,29,31,33). The van der Waals surface area contributed by atoms with Crippen LogP contribution in [0.3, 0.4) is 0 Å². The Bertz CT molecular complexity index is 1340. The van der Waals surface area contributed by atoms with E-state index in [1.165, 1.54) is 54.7 Å². The Labute approximate surface area is 213 Å². The Hall–Kier alpha value is -3.71. The van der Waals surface area contributed by atoms with Gasteiger partial charge in [0, 0.05) is 30.9 Å². The molecule has 13 heteroatoms. The first kappa shape index (κ1) is 26.4. The molecule has 11 nitrogen and oxygen atoms in total. The van der Waals surface area contributed by atoms with E-state index >= 15 is 0 Å². The van der Waals surface area contributed by atoms with Gasteiger partial charge in [-0.25, -0.2) is 22.4 Å². The smallest absolute Gasteiger partial charge is 0.322 e. The normalized spacial score (nSPS) is 22.2. The van der Waals surface area contributed by atoms with Crippen LogP contribution in [0, 0.1) is 11.7 Å². The zero-order valence-electron chi connectivity index (χ0n) is 20.3. The number of rotatable bonds is 7. The maximum absolute atomic E-state index is 13.5. The highest BCUT2D eigenvalue weighted by Gasteiger charge is 2.46. The average molecular weight is 534 g/mol. The molecule has 198 valence electrons. The monoisotopic (exact) mass is 533 g/mol. The number of piperidine rings is 1. The molecule has 0 aliphatic carbocycles. The second-order valence-corrected chi connectivity index (χ2v) is 11.0. The first-order valence-corrected chi connectivity index (χ1v) is 13.1. The van der Waals surface area contributed by atoms with Crippen LogP contribution in [0.25, 0.3) is 0 Å². The molecule has 2 fully saturated rings. The summed E-state index contributed by atoms with van der Waals surface area (Å²) in [4.78, 5) is 36.4. The summed E-state index contributed by atoms with van der Waals surface area (Å²) < 4.78 is 47.0. The molecule has 5 amide bonds. The highest BCUT2D eigenvalue weighted by Crippen LogP contribution is 2.35. The Morgan fingerprint density at radius 3 is 2.70 bits per heavy atom. The molecule has 2 aliphatic heterocycles. The molecule has 0 spiro atoms. The lowest BCUT2D eigenvalue weighted by Crippen LogP contribution is -2.44. The maximum atomic E-state index is 13.5. The number of hydrogen-bond acceptors (Lipinski definition) is 6. The highest BCUT2D eigenvalue weighted by molar-refractivity contribution is 7.89. The van der Waals surface area contributed by atoms with Crippen molar-refractivity contribution < 1.29 is 31.9 Å². The fourth-order valence-electron chi connectivity index (χ4n) is 4.51. The number of halogens is 1. The van der Waals surface area contributed by atoms with Crippen molar-refractivity contribution in [3.63, 3.8) is 0 Å². The van der Waals surface area contributed by atoms with E-state index in [1.807, 2.05) is 0 Å². The van der Waals surface area contributed by atoms with Gasteiger partial charge in [0.05, 0.1) is 12.0 Å². The second kappa shape index (κ2) is 10.3. The van der Waals surface area contributed by atoms with Gasteiger partial charge in [-0.1, -0.05) is 6.07 Å². The van der Waals surface area contributed by atoms with E-state index in [1.54, 1.807) is 6.07 Å². The minimum absolute atomic E-state index is 0.0454. The minimum Gasteiger partial charge on any atom is -0.496 e. The molecule has 0 aromatic heterocycles.